The van der Waals surface area contributed by atoms with Gasteiger partial charge in [-0.1, -0.05) is 26.3 Å². The van der Waals surface area contributed by atoms with E-state index in [-0.39, 0.29) is 23.5 Å². The number of unbranched alkanes of at least 4 members (excludes halogenated alkanes) is 2. The molecule has 1 aromatic carbocycles. The average Bonchev–Trinajstić information content (AvgIpc) is 2.69. The number of rotatable bonds is 11. The van der Waals surface area contributed by atoms with Crippen molar-refractivity contribution in [1.82, 2.24) is 5.32 Å². The molecular weight excluding hydrogens is 354 g/mol. The average molecular weight is 390 g/mol. The van der Waals surface area contributed by atoms with Crippen LogP contribution in [0.2, 0.25) is 0 Å². The number of fused-ring (bicyclic) bond motifs is 1. The zero-order valence-electron chi connectivity index (χ0n) is 17.4. The van der Waals surface area contributed by atoms with Crippen molar-refractivity contribution in [2.45, 2.75) is 76.4 Å². The second kappa shape index (κ2) is 10.0. The number of nitrogens with one attached hydrogen (secondary N) is 1. The van der Waals surface area contributed by atoms with Crippen LogP contribution >= 0.6 is 0 Å². The molecule has 6 heteroatoms. The monoisotopic (exact) mass is 389 g/mol. The van der Waals surface area contributed by atoms with Crippen LogP contribution in [0.3, 0.4) is 0 Å². The van der Waals surface area contributed by atoms with Crippen molar-refractivity contribution in [3.8, 4) is 0 Å². The van der Waals surface area contributed by atoms with Crippen molar-refractivity contribution in [3.05, 3.63) is 34.9 Å². The van der Waals surface area contributed by atoms with Crippen molar-refractivity contribution in [1.29, 1.82) is 0 Å². The van der Waals surface area contributed by atoms with Gasteiger partial charge in [0, 0.05) is 37.0 Å². The smallest absolute Gasteiger partial charge is 0.248 e. The van der Waals surface area contributed by atoms with Gasteiger partial charge >= 0.3 is 0 Å². The number of carbonyl (C=O) groups is 2. The second-order valence-electron chi connectivity index (χ2n) is 7.79. The van der Waals surface area contributed by atoms with Gasteiger partial charge in [-0.05, 0) is 55.5 Å². The molecule has 0 saturated carbocycles. The summed E-state index contributed by atoms with van der Waals surface area (Å²) in [6.07, 6.45) is 5.99. The Bertz CT molecular complexity index is 686. The highest BCUT2D eigenvalue weighted by Gasteiger charge is 2.46. The van der Waals surface area contributed by atoms with Crippen molar-refractivity contribution >= 4 is 11.8 Å². The van der Waals surface area contributed by atoms with Crippen molar-refractivity contribution in [2.24, 2.45) is 11.5 Å². The Hall–Kier alpha value is -1.92. The third-order valence-electron chi connectivity index (χ3n) is 6.35. The van der Waals surface area contributed by atoms with Gasteiger partial charge < -0.3 is 21.5 Å². The summed E-state index contributed by atoms with van der Waals surface area (Å²) in [6.45, 7) is 5.25. The lowest BCUT2D eigenvalue weighted by Crippen LogP contribution is -2.59. The molecule has 2 rings (SSSR count). The van der Waals surface area contributed by atoms with E-state index in [2.05, 4.69) is 19.2 Å². The summed E-state index contributed by atoms with van der Waals surface area (Å²) in [5.74, 6) is -0.630. The van der Waals surface area contributed by atoms with Crippen LogP contribution in [0, 0.1) is 0 Å². The van der Waals surface area contributed by atoms with Gasteiger partial charge in [0.15, 0.2) is 0 Å². The Kier molecular flexibility index (Phi) is 8.01. The first-order valence-corrected chi connectivity index (χ1v) is 10.4. The van der Waals surface area contributed by atoms with Crippen LogP contribution in [0.15, 0.2) is 18.2 Å². The molecule has 5 N–H and O–H groups in total. The van der Waals surface area contributed by atoms with Gasteiger partial charge in [0.2, 0.25) is 11.8 Å². The molecule has 2 atom stereocenters. The standard InChI is InChI=1S/C22H35N3O3/c1-4-22(5-2)17-13-16(21(24)27)11-10-15(17)14-18(28-3)20(22)25-12-8-6-7-9-19(23)26/h10-11,13,18,20,25H,4-9,12,14H2,1-3H3,(H2,23,26)(H2,24,27). The zero-order chi connectivity index (χ0) is 20.7. The lowest BCUT2D eigenvalue weighted by Gasteiger charge is -2.49. The molecule has 28 heavy (non-hydrogen) atoms. The molecular formula is C22H35N3O3. The van der Waals surface area contributed by atoms with Gasteiger partial charge in [-0.3, -0.25) is 9.59 Å². The van der Waals surface area contributed by atoms with E-state index in [1.54, 1.807) is 7.11 Å². The molecule has 0 spiro atoms. The molecule has 0 aliphatic heterocycles. The molecule has 0 fully saturated rings. The fourth-order valence-corrected chi connectivity index (χ4v) is 4.70. The third-order valence-corrected chi connectivity index (χ3v) is 6.35. The van der Waals surface area contributed by atoms with E-state index in [1.807, 2.05) is 18.2 Å². The van der Waals surface area contributed by atoms with Crippen molar-refractivity contribution in [2.75, 3.05) is 13.7 Å². The molecule has 1 aliphatic rings. The molecule has 0 saturated heterocycles. The first-order valence-electron chi connectivity index (χ1n) is 10.4. The topological polar surface area (TPSA) is 107 Å². The van der Waals surface area contributed by atoms with E-state index < -0.39 is 5.91 Å². The number of amides is 2. The summed E-state index contributed by atoms with van der Waals surface area (Å²) < 4.78 is 5.89. The zero-order valence-corrected chi connectivity index (χ0v) is 17.4. The van der Waals surface area contributed by atoms with E-state index in [0.29, 0.717) is 12.0 Å². The van der Waals surface area contributed by atoms with E-state index in [9.17, 15) is 9.59 Å². The molecule has 6 nitrogen and oxygen atoms in total. The Labute approximate surface area is 168 Å². The van der Waals surface area contributed by atoms with Crippen LogP contribution in [0.25, 0.3) is 0 Å². The van der Waals surface area contributed by atoms with Gasteiger partial charge in [0.05, 0.1) is 6.10 Å². The summed E-state index contributed by atoms with van der Waals surface area (Å²) >= 11 is 0. The van der Waals surface area contributed by atoms with Gasteiger partial charge in [0.25, 0.3) is 0 Å². The summed E-state index contributed by atoms with van der Waals surface area (Å²) in [5, 5.41) is 3.74. The van der Waals surface area contributed by atoms with Gasteiger partial charge in [0.1, 0.15) is 0 Å². The predicted octanol–water partition coefficient (Wildman–Crippen LogP) is 2.42. The highest BCUT2D eigenvalue weighted by atomic mass is 16.5. The minimum atomic E-state index is -0.392. The minimum absolute atomic E-state index is 0.0671. The van der Waals surface area contributed by atoms with Gasteiger partial charge in [-0.25, -0.2) is 0 Å². The third kappa shape index (κ3) is 4.73. The molecule has 156 valence electrons. The summed E-state index contributed by atoms with van der Waals surface area (Å²) in [5.41, 5.74) is 13.6. The minimum Gasteiger partial charge on any atom is -0.379 e. The Morgan fingerprint density at radius 3 is 2.46 bits per heavy atom. The van der Waals surface area contributed by atoms with E-state index in [4.69, 9.17) is 16.2 Å². The number of methoxy groups -OCH3 is 1. The van der Waals surface area contributed by atoms with Crippen LogP contribution in [0.5, 0.6) is 0 Å². The summed E-state index contributed by atoms with van der Waals surface area (Å²) in [7, 11) is 1.77. The maximum absolute atomic E-state index is 11.7. The number of nitrogens with two attached hydrogens (primary N) is 2. The largest absolute Gasteiger partial charge is 0.379 e. The lowest BCUT2D eigenvalue weighted by molar-refractivity contribution is -0.118. The molecule has 0 aromatic heterocycles. The fourth-order valence-electron chi connectivity index (χ4n) is 4.70. The Balaban J connectivity index is 2.23. The number of benzene rings is 1. The van der Waals surface area contributed by atoms with Crippen LogP contribution in [0.4, 0.5) is 0 Å². The van der Waals surface area contributed by atoms with Crippen molar-refractivity contribution in [3.63, 3.8) is 0 Å². The molecule has 2 unspecified atom stereocenters. The quantitative estimate of drug-likeness (QED) is 0.505. The molecule has 1 aliphatic carbocycles. The second-order valence-corrected chi connectivity index (χ2v) is 7.79. The van der Waals surface area contributed by atoms with E-state index in [1.165, 1.54) is 11.1 Å². The molecule has 0 heterocycles. The van der Waals surface area contributed by atoms with Crippen LogP contribution in [-0.2, 0) is 21.4 Å². The maximum Gasteiger partial charge on any atom is 0.248 e. The number of ether oxygens (including phenoxy) is 1. The van der Waals surface area contributed by atoms with Crippen molar-refractivity contribution < 1.29 is 14.3 Å². The lowest BCUT2D eigenvalue weighted by atomic mass is 9.62. The molecule has 2 amide bonds. The predicted molar refractivity (Wildman–Crippen MR) is 111 cm³/mol. The number of primary amides is 2. The van der Waals surface area contributed by atoms with Crippen LogP contribution in [-0.4, -0.2) is 37.6 Å². The Morgan fingerprint density at radius 2 is 1.89 bits per heavy atom. The van der Waals surface area contributed by atoms with Crippen LogP contribution in [0.1, 0.15) is 73.9 Å². The van der Waals surface area contributed by atoms with Gasteiger partial charge in [-0.15, -0.1) is 0 Å². The first kappa shape index (κ1) is 22.4. The van der Waals surface area contributed by atoms with Crippen LogP contribution < -0.4 is 16.8 Å². The first-order chi connectivity index (χ1) is 13.4. The fraction of sp³-hybridized carbons (Fsp3) is 0.636. The Morgan fingerprint density at radius 1 is 1.18 bits per heavy atom. The van der Waals surface area contributed by atoms with E-state index in [0.717, 1.165) is 45.1 Å². The highest BCUT2D eigenvalue weighted by molar-refractivity contribution is 5.93. The number of carbonyl (C=O) groups excluding carboxylic acids is 2. The summed E-state index contributed by atoms with van der Waals surface area (Å²) in [6, 6.07) is 5.98. The normalized spacial score (nSPS) is 20.5. The number of hydrogen-bond acceptors (Lipinski definition) is 4. The SMILES string of the molecule is CCC1(CC)c2cc(C(N)=O)ccc2CC(OC)C1NCCCCCC(N)=O. The maximum atomic E-state index is 11.7. The van der Waals surface area contributed by atoms with E-state index >= 15 is 0 Å². The van der Waals surface area contributed by atoms with Gasteiger partial charge in [-0.2, -0.15) is 0 Å². The molecule has 1 aromatic rings. The summed E-state index contributed by atoms with van der Waals surface area (Å²) in [4.78, 5) is 22.6. The molecule has 0 bridgehead atoms. The molecule has 0 radical (unpaired) electrons. The number of hydrogen-bond donors (Lipinski definition) is 3. The highest BCUT2D eigenvalue weighted by Crippen LogP contribution is 2.44.